The van der Waals surface area contributed by atoms with Crippen LogP contribution < -0.4 is 5.32 Å². The van der Waals surface area contributed by atoms with Gasteiger partial charge in [0.15, 0.2) is 0 Å². The maximum atomic E-state index is 12.1. The number of hydrogen-bond acceptors (Lipinski definition) is 4. The Kier molecular flexibility index (Phi) is 3.42. The van der Waals surface area contributed by atoms with Crippen LogP contribution in [0.4, 0.5) is 17.1 Å². The van der Waals surface area contributed by atoms with Crippen molar-refractivity contribution in [2.75, 3.05) is 5.32 Å². The molecule has 0 aliphatic carbocycles. The molecule has 1 aromatic carbocycles. The van der Waals surface area contributed by atoms with Crippen LogP contribution in [-0.4, -0.2) is 25.5 Å². The molecule has 3 rings (SSSR count). The quantitative estimate of drug-likeness (QED) is 0.545. The Morgan fingerprint density at radius 2 is 2.00 bits per heavy atom. The molecule has 0 unspecified atom stereocenters. The van der Waals surface area contributed by atoms with Crippen LogP contribution in [0.25, 0.3) is 0 Å². The fraction of sp³-hybridized carbons (Fsp3) is 0. The maximum absolute atomic E-state index is 12.1. The van der Waals surface area contributed by atoms with Crippen LogP contribution in [0.3, 0.4) is 0 Å². The minimum absolute atomic E-state index is 0.114. The molecule has 0 atom stereocenters. The average Bonchev–Trinajstić information content (AvgIpc) is 2.88. The molecule has 1 N–H and O–H groups in total. The second kappa shape index (κ2) is 5.20. The van der Waals surface area contributed by atoms with E-state index < -0.39 is 0 Å². The van der Waals surface area contributed by atoms with Crippen molar-refractivity contribution in [3.63, 3.8) is 0 Å². The van der Waals surface area contributed by atoms with Gasteiger partial charge in [-0.15, -0.1) is 0 Å². The number of benzene rings is 1. The SMILES string of the molecule is O=C(Nc1cccc2c1N=[Se]=N2)c1cccc(Br)n1. The number of nitrogens with zero attached hydrogens (tertiary/aromatic N) is 3. The third-order valence-corrected chi connectivity index (χ3v) is 4.06. The molecule has 0 fully saturated rings. The van der Waals surface area contributed by atoms with Crippen LogP contribution in [0.15, 0.2) is 48.9 Å². The Morgan fingerprint density at radius 1 is 1.16 bits per heavy atom. The minimum atomic E-state index is -0.260. The van der Waals surface area contributed by atoms with Crippen molar-refractivity contribution in [2.45, 2.75) is 0 Å². The molecule has 0 radical (unpaired) electrons. The molecule has 0 bridgehead atoms. The zero-order chi connectivity index (χ0) is 13.2. The molecule has 94 valence electrons. The Balaban J connectivity index is 1.89. The first-order chi connectivity index (χ1) is 9.24. The molecule has 19 heavy (non-hydrogen) atoms. The first kappa shape index (κ1) is 12.5. The number of carbonyl (C=O) groups excluding carboxylic acids is 1. The van der Waals surface area contributed by atoms with E-state index in [-0.39, 0.29) is 20.5 Å². The third kappa shape index (κ3) is 2.58. The molecular formula is C12H7BrN4OSe. The molecule has 1 amide bonds. The molecule has 0 saturated carbocycles. The van der Waals surface area contributed by atoms with E-state index in [1.54, 1.807) is 18.2 Å². The zero-order valence-corrected chi connectivity index (χ0v) is 12.8. The summed E-state index contributed by atoms with van der Waals surface area (Å²) in [5, 5.41) is 2.82. The van der Waals surface area contributed by atoms with Crippen LogP contribution >= 0.6 is 15.9 Å². The standard InChI is InChI=1S/C12H7BrN4OSe/c13-10-6-2-5-9(14-10)12(18)15-7-3-1-4-8-11(7)17-19-16-8/h1-6H,(H,15,18). The van der Waals surface area contributed by atoms with Crippen LogP contribution in [0.5, 0.6) is 0 Å². The average molecular weight is 382 g/mol. The van der Waals surface area contributed by atoms with Gasteiger partial charge in [0.1, 0.15) is 0 Å². The van der Waals surface area contributed by atoms with Crippen LogP contribution in [-0.2, 0) is 0 Å². The Labute approximate surface area is 123 Å². The molecule has 0 spiro atoms. The number of halogens is 1. The van der Waals surface area contributed by atoms with E-state index in [2.05, 4.69) is 34.2 Å². The number of carbonyl (C=O) groups is 1. The second-order valence-electron chi connectivity index (χ2n) is 3.74. The molecule has 2 heterocycles. The number of hydrogen-bond donors (Lipinski definition) is 1. The summed E-state index contributed by atoms with van der Waals surface area (Å²) in [4.78, 5) is 16.2. The number of pyridine rings is 1. The van der Waals surface area contributed by atoms with E-state index in [0.29, 0.717) is 16.0 Å². The van der Waals surface area contributed by atoms with Gasteiger partial charge in [-0.05, 0) is 0 Å². The van der Waals surface area contributed by atoms with Crippen LogP contribution in [0, 0.1) is 0 Å². The predicted octanol–water partition coefficient (Wildman–Crippen LogP) is 3.44. The van der Waals surface area contributed by atoms with Crippen LogP contribution in [0.2, 0.25) is 0 Å². The van der Waals surface area contributed by atoms with Crippen molar-refractivity contribution in [3.05, 3.63) is 46.7 Å². The third-order valence-electron chi connectivity index (χ3n) is 2.48. The van der Waals surface area contributed by atoms with Gasteiger partial charge in [0.2, 0.25) is 0 Å². The van der Waals surface area contributed by atoms with Crippen molar-refractivity contribution >= 4 is 53.5 Å². The van der Waals surface area contributed by atoms with E-state index in [1.807, 2.05) is 18.2 Å². The number of nitrogens with one attached hydrogen (secondary N) is 1. The summed E-state index contributed by atoms with van der Waals surface area (Å²) in [6, 6.07) is 10.8. The molecule has 7 heteroatoms. The van der Waals surface area contributed by atoms with Gasteiger partial charge in [-0.3, -0.25) is 0 Å². The number of anilines is 1. The second-order valence-corrected chi connectivity index (χ2v) is 5.66. The Bertz CT molecular complexity index is 740. The zero-order valence-electron chi connectivity index (χ0n) is 9.50. The van der Waals surface area contributed by atoms with Gasteiger partial charge >= 0.3 is 123 Å². The van der Waals surface area contributed by atoms with Gasteiger partial charge in [-0.1, -0.05) is 0 Å². The van der Waals surface area contributed by atoms with Gasteiger partial charge in [-0.2, -0.15) is 0 Å². The summed E-state index contributed by atoms with van der Waals surface area (Å²) in [5.74, 6) is -0.260. The number of aromatic nitrogens is 1. The number of amides is 1. The van der Waals surface area contributed by atoms with Gasteiger partial charge in [0.05, 0.1) is 0 Å². The van der Waals surface area contributed by atoms with Crippen molar-refractivity contribution in [3.8, 4) is 0 Å². The van der Waals surface area contributed by atoms with E-state index >= 15 is 0 Å². The summed E-state index contributed by atoms with van der Waals surface area (Å²) < 4.78 is 9.22. The summed E-state index contributed by atoms with van der Waals surface area (Å²) in [7, 11) is 0. The van der Waals surface area contributed by atoms with Gasteiger partial charge in [0, 0.05) is 0 Å². The van der Waals surface area contributed by atoms with E-state index in [1.165, 1.54) is 0 Å². The molecular weight excluding hydrogens is 375 g/mol. The molecule has 1 aliphatic rings. The van der Waals surface area contributed by atoms with Crippen molar-refractivity contribution in [1.29, 1.82) is 0 Å². The Morgan fingerprint density at radius 3 is 2.84 bits per heavy atom. The fourth-order valence-electron chi connectivity index (χ4n) is 1.63. The molecule has 0 saturated heterocycles. The fourth-order valence-corrected chi connectivity index (χ4v) is 3.12. The van der Waals surface area contributed by atoms with Crippen molar-refractivity contribution in [1.82, 2.24) is 4.98 Å². The summed E-state index contributed by atoms with van der Waals surface area (Å²) >= 11 is 3.13. The number of fused-ring (bicyclic) bond motifs is 1. The Hall–Kier alpha value is -1.56. The molecule has 2 aromatic rings. The normalized spacial score (nSPS) is 11.8. The van der Waals surface area contributed by atoms with E-state index in [4.69, 9.17) is 0 Å². The number of rotatable bonds is 2. The monoisotopic (exact) mass is 382 g/mol. The van der Waals surface area contributed by atoms with Crippen LogP contribution in [0.1, 0.15) is 10.5 Å². The molecule has 1 aliphatic heterocycles. The summed E-state index contributed by atoms with van der Waals surface area (Å²) in [5.41, 5.74) is 2.62. The topological polar surface area (TPSA) is 66.7 Å². The van der Waals surface area contributed by atoms with E-state index in [9.17, 15) is 4.79 Å². The molecule has 1 aromatic heterocycles. The first-order valence-corrected chi connectivity index (χ1v) is 7.72. The van der Waals surface area contributed by atoms with Gasteiger partial charge < -0.3 is 0 Å². The first-order valence-electron chi connectivity index (χ1n) is 5.39. The summed E-state index contributed by atoms with van der Waals surface area (Å²) in [6.45, 7) is 0. The van der Waals surface area contributed by atoms with Gasteiger partial charge in [0.25, 0.3) is 0 Å². The van der Waals surface area contributed by atoms with E-state index in [0.717, 1.165) is 11.4 Å². The molecule has 5 nitrogen and oxygen atoms in total. The predicted molar refractivity (Wildman–Crippen MR) is 76.3 cm³/mol. The van der Waals surface area contributed by atoms with Gasteiger partial charge in [-0.25, -0.2) is 0 Å². The van der Waals surface area contributed by atoms with Crippen molar-refractivity contribution < 1.29 is 4.79 Å². The summed E-state index contributed by atoms with van der Waals surface area (Å²) in [6.07, 6.45) is 0. The van der Waals surface area contributed by atoms with Crippen molar-refractivity contribution in [2.24, 2.45) is 7.92 Å².